The Kier molecular flexibility index (Phi) is 17.5. The van der Waals surface area contributed by atoms with Crippen LogP contribution in [0.3, 0.4) is 0 Å². The van der Waals surface area contributed by atoms with Crippen molar-refractivity contribution in [2.24, 2.45) is 5.92 Å². The number of carbonyl (C=O) groups is 1. The molecule has 0 aromatic rings. The quantitative estimate of drug-likeness (QED) is 0.723. The predicted molar refractivity (Wildman–Crippen MR) is 71.6 cm³/mol. The van der Waals surface area contributed by atoms with Gasteiger partial charge >= 0.3 is 32.7 Å². The van der Waals surface area contributed by atoms with Crippen LogP contribution in [0, 0.1) is 25.3 Å². The fraction of sp³-hybridized carbons (Fsp3) is 0.714. The largest absolute Gasteiger partial charge is 3.00 e. The molecule has 0 radical (unpaired) electrons. The molecule has 0 bridgehead atoms. The van der Waals surface area contributed by atoms with E-state index in [1.807, 2.05) is 46.1 Å². The van der Waals surface area contributed by atoms with E-state index >= 15 is 0 Å². The Balaban J connectivity index is -0.000000440. The Morgan fingerprint density at radius 3 is 1.82 bits per heavy atom. The van der Waals surface area contributed by atoms with Gasteiger partial charge in [-0.1, -0.05) is 27.7 Å². The normalized spacial score (nSPS) is 9.82. The van der Waals surface area contributed by atoms with Crippen molar-refractivity contribution in [1.82, 2.24) is 4.90 Å². The van der Waals surface area contributed by atoms with E-state index in [4.69, 9.17) is 0 Å². The first kappa shape index (κ1) is 22.8. The molecule has 2 nitrogen and oxygen atoms in total. The summed E-state index contributed by atoms with van der Waals surface area (Å²) in [7, 11) is 1.95. The van der Waals surface area contributed by atoms with Crippen LogP contribution in [-0.4, -0.2) is 23.8 Å². The van der Waals surface area contributed by atoms with Gasteiger partial charge in [-0.3, -0.25) is 12.5 Å². The van der Waals surface area contributed by atoms with Gasteiger partial charge < -0.3 is 23.0 Å². The van der Waals surface area contributed by atoms with E-state index in [9.17, 15) is 4.79 Å². The fourth-order valence-corrected chi connectivity index (χ4v) is 1.12. The molecule has 0 heterocycles. The van der Waals surface area contributed by atoms with Gasteiger partial charge in [-0.25, -0.2) is 0 Å². The van der Waals surface area contributed by atoms with Crippen molar-refractivity contribution in [1.29, 1.82) is 0 Å². The maximum absolute atomic E-state index is 11.7. The Labute approximate surface area is 134 Å². The monoisotopic (exact) mass is 315 g/mol. The van der Waals surface area contributed by atoms with Crippen LogP contribution in [-0.2, 0) is 37.5 Å². The molecule has 0 aromatic heterocycles. The number of rotatable bonds is 5. The molecule has 0 N–H and O–H groups in total. The number of Topliss-reactive ketones (excluding diaryl/α,β-unsaturated/α-hetero) is 1. The summed E-state index contributed by atoms with van der Waals surface area (Å²) in [5, 5.41) is 0. The van der Waals surface area contributed by atoms with Crippen LogP contribution >= 0.6 is 0 Å². The zero-order chi connectivity index (χ0) is 13.3. The van der Waals surface area contributed by atoms with Gasteiger partial charge in [0.2, 0.25) is 0 Å². The fourth-order valence-electron chi connectivity index (χ4n) is 1.12. The van der Waals surface area contributed by atoms with E-state index in [1.165, 1.54) is 0 Å². The van der Waals surface area contributed by atoms with Crippen LogP contribution in [0.25, 0.3) is 0 Å². The van der Waals surface area contributed by atoms with E-state index in [0.29, 0.717) is 12.5 Å². The molecule has 0 fully saturated rings. The third-order valence-corrected chi connectivity index (χ3v) is 2.25. The van der Waals surface area contributed by atoms with E-state index in [1.54, 1.807) is 0 Å². The van der Waals surface area contributed by atoms with E-state index in [2.05, 4.69) is 20.8 Å². The summed E-state index contributed by atoms with van der Waals surface area (Å²) in [6.45, 7) is 15.8. The molecule has 0 saturated heterocycles. The number of hydrogen-bond acceptors (Lipinski definition) is 2. The minimum Gasteiger partial charge on any atom is -0.434 e. The van der Waals surface area contributed by atoms with Crippen LogP contribution < -0.4 is 0 Å². The van der Waals surface area contributed by atoms with Gasteiger partial charge in [0.1, 0.15) is 0 Å². The molecule has 0 rings (SSSR count). The standard InChI is InChI=1S/C11H21NO.C3H7.Y/c1-7-10(11(13)8(2)3)12(6)9(4)5;1-3-2;/h8-9H,1,7H2,2-6H3;3H,1-2H3;/q-2;-1;+3. The third kappa shape index (κ3) is 10.2. The summed E-state index contributed by atoms with van der Waals surface area (Å²) < 4.78 is 0. The van der Waals surface area contributed by atoms with E-state index < -0.39 is 0 Å². The van der Waals surface area contributed by atoms with Crippen molar-refractivity contribution < 1.29 is 37.5 Å². The zero-order valence-electron chi connectivity index (χ0n) is 12.6. The van der Waals surface area contributed by atoms with Gasteiger partial charge in [-0.15, -0.1) is 0 Å². The summed E-state index contributed by atoms with van der Waals surface area (Å²) >= 11 is 0. The van der Waals surface area contributed by atoms with Gasteiger partial charge in [0.05, 0.1) is 0 Å². The van der Waals surface area contributed by atoms with Crippen LogP contribution in [0.1, 0.15) is 48.0 Å². The van der Waals surface area contributed by atoms with Crippen LogP contribution in [0.2, 0.25) is 0 Å². The maximum atomic E-state index is 11.7. The molecular weight excluding hydrogens is 287 g/mol. The third-order valence-electron chi connectivity index (χ3n) is 2.25. The summed E-state index contributed by atoms with van der Waals surface area (Å²) in [5.74, 6) is 0.282. The van der Waals surface area contributed by atoms with Gasteiger partial charge in [0.25, 0.3) is 0 Å². The SMILES string of the molecule is C[CH-]C.[CH2-]C[C-](C(=O)C(C)C)N(C)C(C)C.[Y+3]. The van der Waals surface area contributed by atoms with Gasteiger partial charge in [0, 0.05) is 5.78 Å². The number of ketones is 1. The van der Waals surface area contributed by atoms with Gasteiger partial charge in [0.15, 0.2) is 0 Å². The minimum atomic E-state index is 0. The summed E-state index contributed by atoms with van der Waals surface area (Å²) in [6, 6.07) is 1.20. The van der Waals surface area contributed by atoms with E-state index in [-0.39, 0.29) is 44.4 Å². The zero-order valence-corrected chi connectivity index (χ0v) is 15.4. The van der Waals surface area contributed by atoms with Gasteiger partial charge in [-0.2, -0.15) is 13.8 Å². The summed E-state index contributed by atoms with van der Waals surface area (Å²) in [4.78, 5) is 13.7. The second-order valence-corrected chi connectivity index (χ2v) is 4.50. The Hall–Kier alpha value is 0.604. The Morgan fingerprint density at radius 2 is 1.65 bits per heavy atom. The second kappa shape index (κ2) is 13.0. The summed E-state index contributed by atoms with van der Waals surface area (Å²) in [5.41, 5.74) is 0. The second-order valence-electron chi connectivity index (χ2n) is 4.50. The molecule has 0 aliphatic rings. The van der Waals surface area contributed by atoms with Crippen molar-refractivity contribution in [3.05, 3.63) is 19.4 Å². The average Bonchev–Trinajstić information content (AvgIpc) is 2.19. The minimum absolute atomic E-state index is 0. The molecule has 3 heteroatoms. The Morgan fingerprint density at radius 1 is 1.29 bits per heavy atom. The van der Waals surface area contributed by atoms with Crippen molar-refractivity contribution >= 4 is 5.78 Å². The van der Waals surface area contributed by atoms with Crippen molar-refractivity contribution in [2.45, 2.75) is 54.0 Å². The molecular formula is C14H28NOY. The summed E-state index contributed by atoms with van der Waals surface area (Å²) in [6.07, 6.45) is 2.58. The topological polar surface area (TPSA) is 20.3 Å². The van der Waals surface area contributed by atoms with Crippen molar-refractivity contribution in [2.75, 3.05) is 7.05 Å². The van der Waals surface area contributed by atoms with Crippen molar-refractivity contribution in [3.8, 4) is 0 Å². The molecule has 0 atom stereocenters. The molecule has 98 valence electrons. The molecule has 17 heavy (non-hydrogen) atoms. The molecule has 0 amide bonds. The molecule has 0 aliphatic carbocycles. The van der Waals surface area contributed by atoms with Crippen LogP contribution in [0.15, 0.2) is 0 Å². The molecule has 0 aliphatic heterocycles. The maximum Gasteiger partial charge on any atom is 3.00 e. The molecule has 0 spiro atoms. The first-order valence-corrected chi connectivity index (χ1v) is 5.99. The number of carbonyl (C=O) groups excluding carboxylic acids is 1. The number of nitrogens with zero attached hydrogens (tertiary/aromatic N) is 1. The van der Waals surface area contributed by atoms with Crippen LogP contribution in [0.4, 0.5) is 0 Å². The average molecular weight is 315 g/mol. The van der Waals surface area contributed by atoms with Crippen LogP contribution in [0.5, 0.6) is 0 Å². The van der Waals surface area contributed by atoms with E-state index in [0.717, 1.165) is 6.04 Å². The first-order chi connectivity index (χ1) is 7.33. The number of likely N-dealkylation sites (N-methyl/N-ethyl adjacent to an activating group) is 1. The number of hydrogen-bond donors (Lipinski definition) is 0. The molecule has 0 aromatic carbocycles. The van der Waals surface area contributed by atoms with Crippen molar-refractivity contribution in [3.63, 3.8) is 0 Å². The first-order valence-electron chi connectivity index (χ1n) is 5.99. The van der Waals surface area contributed by atoms with Gasteiger partial charge in [-0.05, 0) is 19.0 Å². The molecule has 0 saturated carbocycles. The Bertz CT molecular complexity index is 181. The molecule has 0 unspecified atom stereocenters. The predicted octanol–water partition coefficient (Wildman–Crippen LogP) is 3.54. The smallest absolute Gasteiger partial charge is 0.434 e.